The van der Waals surface area contributed by atoms with Gasteiger partial charge in [0.2, 0.25) is 0 Å². The van der Waals surface area contributed by atoms with Gasteiger partial charge in [-0.05, 0) is 61.7 Å². The fraction of sp³-hybridized carbons (Fsp3) is 0.417. The number of hydrogen-bond acceptors (Lipinski definition) is 3. The van der Waals surface area contributed by atoms with Crippen molar-refractivity contribution in [3.05, 3.63) is 59.4 Å². The molecule has 1 aliphatic carbocycles. The summed E-state index contributed by atoms with van der Waals surface area (Å²) < 4.78 is 19.2. The Balaban J connectivity index is 1.58. The van der Waals surface area contributed by atoms with Gasteiger partial charge in [0.25, 0.3) is 11.8 Å². The number of benzene rings is 2. The highest BCUT2D eigenvalue weighted by atomic mass is 19.1. The van der Waals surface area contributed by atoms with Crippen LogP contribution in [0, 0.1) is 5.82 Å². The molecule has 0 radical (unpaired) electrons. The van der Waals surface area contributed by atoms with E-state index in [1.165, 1.54) is 30.7 Å². The molecule has 1 N–H and O–H groups in total. The number of hydrogen-bond donors (Lipinski definition) is 1. The topological polar surface area (TPSA) is 58.6 Å². The van der Waals surface area contributed by atoms with Crippen LogP contribution in [0.25, 0.3) is 0 Å². The molecule has 1 unspecified atom stereocenters. The molecule has 1 atom stereocenters. The molecule has 30 heavy (non-hydrogen) atoms. The first-order valence-electron chi connectivity index (χ1n) is 10.7. The van der Waals surface area contributed by atoms with E-state index in [1.807, 2.05) is 24.0 Å². The summed E-state index contributed by atoms with van der Waals surface area (Å²) in [6, 6.07) is 11.1. The molecule has 0 spiro atoms. The van der Waals surface area contributed by atoms with Gasteiger partial charge in [0.1, 0.15) is 11.6 Å². The van der Waals surface area contributed by atoms with E-state index in [0.717, 1.165) is 31.2 Å². The standard InChI is InChI=1S/C24H27FN2O3/c1-2-21-24(29)27(20-6-4-3-5-7-20)15-17-14-19(12-13-22(17)30-21)26-23(28)16-8-10-18(25)11-9-16/h8-14,20-21H,2-7,15H2,1H3,(H,26,28). The average molecular weight is 410 g/mol. The van der Waals surface area contributed by atoms with Crippen molar-refractivity contribution in [2.75, 3.05) is 5.32 Å². The molecular weight excluding hydrogens is 383 g/mol. The van der Waals surface area contributed by atoms with E-state index in [-0.39, 0.29) is 23.7 Å². The summed E-state index contributed by atoms with van der Waals surface area (Å²) in [5, 5.41) is 2.86. The molecule has 0 saturated heterocycles. The molecule has 1 heterocycles. The van der Waals surface area contributed by atoms with Gasteiger partial charge in [0.15, 0.2) is 6.10 Å². The van der Waals surface area contributed by atoms with E-state index < -0.39 is 6.10 Å². The average Bonchev–Trinajstić information content (AvgIpc) is 2.91. The van der Waals surface area contributed by atoms with Crippen LogP contribution in [0.4, 0.5) is 10.1 Å². The third-order valence-corrected chi connectivity index (χ3v) is 5.98. The summed E-state index contributed by atoms with van der Waals surface area (Å²) in [5.74, 6) is 0.0496. The van der Waals surface area contributed by atoms with Crippen LogP contribution >= 0.6 is 0 Å². The fourth-order valence-electron chi connectivity index (χ4n) is 4.31. The SMILES string of the molecule is CCC1Oc2ccc(NC(=O)c3ccc(F)cc3)cc2CN(C2CCCCC2)C1=O. The van der Waals surface area contributed by atoms with Crippen molar-refractivity contribution < 1.29 is 18.7 Å². The highest BCUT2D eigenvalue weighted by Gasteiger charge is 2.34. The zero-order valence-electron chi connectivity index (χ0n) is 17.2. The molecule has 1 fully saturated rings. The van der Waals surface area contributed by atoms with E-state index in [2.05, 4.69) is 5.32 Å². The Kier molecular flexibility index (Phi) is 6.02. The molecule has 2 aromatic rings. The summed E-state index contributed by atoms with van der Waals surface area (Å²) in [5.41, 5.74) is 1.90. The minimum Gasteiger partial charge on any atom is -0.480 e. The van der Waals surface area contributed by atoms with Gasteiger partial charge in [0, 0.05) is 29.4 Å². The van der Waals surface area contributed by atoms with Gasteiger partial charge >= 0.3 is 0 Å². The lowest BCUT2D eigenvalue weighted by atomic mass is 9.93. The Labute approximate surface area is 176 Å². The van der Waals surface area contributed by atoms with Gasteiger partial charge in [-0.2, -0.15) is 0 Å². The van der Waals surface area contributed by atoms with Crippen LogP contribution < -0.4 is 10.1 Å². The number of rotatable bonds is 4. The molecule has 2 aromatic carbocycles. The zero-order valence-corrected chi connectivity index (χ0v) is 17.2. The maximum atomic E-state index is 13.1. The van der Waals surface area contributed by atoms with Crippen LogP contribution in [0.2, 0.25) is 0 Å². The van der Waals surface area contributed by atoms with Gasteiger partial charge in [-0.25, -0.2) is 4.39 Å². The normalized spacial score (nSPS) is 19.6. The lowest BCUT2D eigenvalue weighted by Gasteiger charge is -2.34. The van der Waals surface area contributed by atoms with Crippen molar-refractivity contribution in [2.45, 2.75) is 64.1 Å². The lowest BCUT2D eigenvalue weighted by molar-refractivity contribution is -0.141. The Morgan fingerprint density at radius 2 is 1.87 bits per heavy atom. The van der Waals surface area contributed by atoms with Crippen LogP contribution in [-0.4, -0.2) is 28.9 Å². The highest BCUT2D eigenvalue weighted by Crippen LogP contribution is 2.33. The molecule has 4 rings (SSSR count). The summed E-state index contributed by atoms with van der Waals surface area (Å²) in [6.45, 7) is 2.44. The second kappa shape index (κ2) is 8.86. The zero-order chi connectivity index (χ0) is 21.1. The number of fused-ring (bicyclic) bond motifs is 1. The Bertz CT molecular complexity index is 923. The first-order valence-corrected chi connectivity index (χ1v) is 10.7. The van der Waals surface area contributed by atoms with Gasteiger partial charge < -0.3 is 15.0 Å². The van der Waals surface area contributed by atoms with E-state index in [0.29, 0.717) is 30.0 Å². The molecule has 5 nitrogen and oxygen atoms in total. The van der Waals surface area contributed by atoms with Gasteiger partial charge in [0.05, 0.1) is 0 Å². The Morgan fingerprint density at radius 3 is 2.57 bits per heavy atom. The van der Waals surface area contributed by atoms with Crippen LogP contribution in [0.3, 0.4) is 0 Å². The molecule has 2 amide bonds. The van der Waals surface area contributed by atoms with Gasteiger partial charge in [-0.1, -0.05) is 26.2 Å². The molecule has 158 valence electrons. The summed E-state index contributed by atoms with van der Waals surface area (Å²) in [4.78, 5) is 27.6. The molecule has 2 aliphatic rings. The minimum absolute atomic E-state index is 0.0532. The third kappa shape index (κ3) is 4.32. The van der Waals surface area contributed by atoms with Crippen molar-refractivity contribution in [3.8, 4) is 5.75 Å². The smallest absolute Gasteiger partial charge is 0.264 e. The lowest BCUT2D eigenvalue weighted by Crippen LogP contribution is -2.45. The summed E-state index contributed by atoms with van der Waals surface area (Å²) >= 11 is 0. The number of carbonyl (C=O) groups excluding carboxylic acids is 2. The monoisotopic (exact) mass is 410 g/mol. The largest absolute Gasteiger partial charge is 0.480 e. The summed E-state index contributed by atoms with van der Waals surface area (Å²) in [7, 11) is 0. The van der Waals surface area contributed by atoms with Crippen molar-refractivity contribution in [1.29, 1.82) is 0 Å². The maximum absolute atomic E-state index is 13.1. The quantitative estimate of drug-likeness (QED) is 0.779. The number of halogens is 1. The molecule has 6 heteroatoms. The molecule has 1 saturated carbocycles. The number of amides is 2. The van der Waals surface area contributed by atoms with E-state index in [9.17, 15) is 14.0 Å². The first-order chi connectivity index (χ1) is 14.5. The van der Waals surface area contributed by atoms with Crippen molar-refractivity contribution in [2.24, 2.45) is 0 Å². The molecular formula is C24H27FN2O3. The van der Waals surface area contributed by atoms with E-state index >= 15 is 0 Å². The van der Waals surface area contributed by atoms with Crippen molar-refractivity contribution >= 4 is 17.5 Å². The Morgan fingerprint density at radius 1 is 1.13 bits per heavy atom. The number of nitrogens with one attached hydrogen (secondary N) is 1. The van der Waals surface area contributed by atoms with Crippen LogP contribution in [0.15, 0.2) is 42.5 Å². The highest BCUT2D eigenvalue weighted by molar-refractivity contribution is 6.04. The third-order valence-electron chi connectivity index (χ3n) is 5.98. The first kappa shape index (κ1) is 20.4. The molecule has 1 aliphatic heterocycles. The predicted molar refractivity (Wildman–Crippen MR) is 113 cm³/mol. The number of ether oxygens (including phenoxy) is 1. The number of anilines is 1. The van der Waals surface area contributed by atoms with Crippen LogP contribution in [0.1, 0.15) is 61.4 Å². The van der Waals surface area contributed by atoms with Gasteiger partial charge in [-0.15, -0.1) is 0 Å². The van der Waals surface area contributed by atoms with Gasteiger partial charge in [-0.3, -0.25) is 9.59 Å². The summed E-state index contributed by atoms with van der Waals surface area (Å²) in [6.07, 6.45) is 5.71. The number of nitrogens with zero attached hydrogens (tertiary/aromatic N) is 1. The second-order valence-corrected chi connectivity index (χ2v) is 8.06. The molecule has 0 aromatic heterocycles. The van der Waals surface area contributed by atoms with E-state index in [4.69, 9.17) is 4.74 Å². The fourth-order valence-corrected chi connectivity index (χ4v) is 4.31. The van der Waals surface area contributed by atoms with Crippen LogP contribution in [-0.2, 0) is 11.3 Å². The molecule has 0 bridgehead atoms. The second-order valence-electron chi connectivity index (χ2n) is 8.06. The maximum Gasteiger partial charge on any atom is 0.264 e. The van der Waals surface area contributed by atoms with Crippen molar-refractivity contribution in [1.82, 2.24) is 4.90 Å². The van der Waals surface area contributed by atoms with Crippen LogP contribution in [0.5, 0.6) is 5.75 Å². The predicted octanol–water partition coefficient (Wildman–Crippen LogP) is 4.91. The van der Waals surface area contributed by atoms with E-state index in [1.54, 1.807) is 6.07 Å². The Hall–Kier alpha value is -2.89. The number of carbonyl (C=O) groups is 2. The van der Waals surface area contributed by atoms with Crippen molar-refractivity contribution in [3.63, 3.8) is 0 Å². The minimum atomic E-state index is -0.479.